The third kappa shape index (κ3) is 1.95. The summed E-state index contributed by atoms with van der Waals surface area (Å²) < 4.78 is 0. The number of benzene rings is 1. The van der Waals surface area contributed by atoms with Gasteiger partial charge in [0, 0.05) is 4.88 Å². The standard InChI is InChI=1S/C13H15NOS/c1-8(2)12-9(3)16-13(14-12)10-6-4-5-7-11(10)15/h4-8,15H,1-3H3. The van der Waals surface area contributed by atoms with Gasteiger partial charge in [-0.2, -0.15) is 0 Å². The van der Waals surface area contributed by atoms with Gasteiger partial charge in [0.15, 0.2) is 0 Å². The number of aromatic hydroxyl groups is 1. The smallest absolute Gasteiger partial charge is 0.127 e. The van der Waals surface area contributed by atoms with Crippen LogP contribution in [0.1, 0.15) is 30.3 Å². The summed E-state index contributed by atoms with van der Waals surface area (Å²) in [5.74, 6) is 0.724. The second kappa shape index (κ2) is 4.26. The number of aryl methyl sites for hydroxylation is 1. The highest BCUT2D eigenvalue weighted by molar-refractivity contribution is 7.15. The number of hydrogen-bond donors (Lipinski definition) is 1. The maximum atomic E-state index is 9.77. The maximum Gasteiger partial charge on any atom is 0.127 e. The van der Waals surface area contributed by atoms with Gasteiger partial charge in [-0.3, -0.25) is 0 Å². The van der Waals surface area contributed by atoms with Crippen LogP contribution >= 0.6 is 11.3 Å². The Bertz CT molecular complexity index is 502. The van der Waals surface area contributed by atoms with Crippen molar-refractivity contribution in [2.24, 2.45) is 0 Å². The van der Waals surface area contributed by atoms with Crippen molar-refractivity contribution in [1.29, 1.82) is 0 Å². The van der Waals surface area contributed by atoms with E-state index in [9.17, 15) is 5.11 Å². The minimum atomic E-state index is 0.298. The molecule has 0 aliphatic carbocycles. The van der Waals surface area contributed by atoms with E-state index in [-0.39, 0.29) is 0 Å². The normalized spacial score (nSPS) is 11.0. The summed E-state index contributed by atoms with van der Waals surface area (Å²) in [5.41, 5.74) is 1.95. The molecule has 0 atom stereocenters. The summed E-state index contributed by atoms with van der Waals surface area (Å²) in [6.45, 7) is 6.35. The maximum absolute atomic E-state index is 9.77. The molecule has 1 aromatic carbocycles. The van der Waals surface area contributed by atoms with E-state index in [4.69, 9.17) is 0 Å². The SMILES string of the molecule is Cc1sc(-c2ccccc2O)nc1C(C)C. The number of para-hydroxylation sites is 1. The molecule has 1 aromatic heterocycles. The molecule has 0 saturated heterocycles. The Balaban J connectivity index is 2.50. The van der Waals surface area contributed by atoms with E-state index in [1.54, 1.807) is 17.4 Å². The van der Waals surface area contributed by atoms with E-state index in [1.807, 2.05) is 18.2 Å². The van der Waals surface area contributed by atoms with Crippen LogP contribution < -0.4 is 0 Å². The average Bonchev–Trinajstić information content (AvgIpc) is 2.61. The number of hydrogen-bond acceptors (Lipinski definition) is 3. The summed E-state index contributed by atoms with van der Waals surface area (Å²) in [5, 5.41) is 10.7. The molecule has 0 fully saturated rings. The fourth-order valence-corrected chi connectivity index (χ4v) is 2.82. The highest BCUT2D eigenvalue weighted by atomic mass is 32.1. The quantitative estimate of drug-likeness (QED) is 0.852. The Morgan fingerprint density at radius 3 is 2.50 bits per heavy atom. The van der Waals surface area contributed by atoms with E-state index in [0.717, 1.165) is 16.3 Å². The van der Waals surface area contributed by atoms with E-state index < -0.39 is 0 Å². The minimum Gasteiger partial charge on any atom is -0.507 e. The zero-order valence-corrected chi connectivity index (χ0v) is 10.5. The summed E-state index contributed by atoms with van der Waals surface area (Å²) in [7, 11) is 0. The molecule has 2 nitrogen and oxygen atoms in total. The molecule has 2 aromatic rings. The third-order valence-corrected chi connectivity index (χ3v) is 3.53. The van der Waals surface area contributed by atoms with Gasteiger partial charge in [0.05, 0.1) is 11.3 Å². The molecule has 0 unspecified atom stereocenters. The number of aromatic nitrogens is 1. The van der Waals surface area contributed by atoms with Crippen molar-refractivity contribution < 1.29 is 5.11 Å². The fraction of sp³-hybridized carbons (Fsp3) is 0.308. The molecular formula is C13H15NOS. The van der Waals surface area contributed by atoms with Crippen LogP contribution in [-0.4, -0.2) is 10.1 Å². The lowest BCUT2D eigenvalue weighted by Crippen LogP contribution is -1.89. The van der Waals surface area contributed by atoms with E-state index in [2.05, 4.69) is 25.8 Å². The third-order valence-electron chi connectivity index (χ3n) is 2.51. The lowest BCUT2D eigenvalue weighted by Gasteiger charge is -2.01. The second-order valence-electron chi connectivity index (χ2n) is 4.13. The number of rotatable bonds is 2. The van der Waals surface area contributed by atoms with Crippen LogP contribution in [-0.2, 0) is 0 Å². The molecule has 0 aliphatic rings. The van der Waals surface area contributed by atoms with E-state index >= 15 is 0 Å². The number of phenols is 1. The molecule has 0 spiro atoms. The molecule has 0 amide bonds. The Labute approximate surface area is 99.6 Å². The zero-order valence-electron chi connectivity index (χ0n) is 9.69. The second-order valence-corrected chi connectivity index (χ2v) is 5.34. The summed E-state index contributed by atoms with van der Waals surface area (Å²) >= 11 is 1.64. The minimum absolute atomic E-state index is 0.298. The van der Waals surface area contributed by atoms with Gasteiger partial charge in [0.1, 0.15) is 10.8 Å². The van der Waals surface area contributed by atoms with Gasteiger partial charge in [0.25, 0.3) is 0 Å². The molecule has 3 heteroatoms. The molecule has 0 radical (unpaired) electrons. The van der Waals surface area contributed by atoms with Gasteiger partial charge in [-0.25, -0.2) is 4.98 Å². The van der Waals surface area contributed by atoms with Crippen molar-refractivity contribution in [3.05, 3.63) is 34.8 Å². The predicted molar refractivity (Wildman–Crippen MR) is 68.0 cm³/mol. The van der Waals surface area contributed by atoms with Crippen molar-refractivity contribution >= 4 is 11.3 Å². The largest absolute Gasteiger partial charge is 0.507 e. The van der Waals surface area contributed by atoms with Gasteiger partial charge < -0.3 is 5.11 Å². The lowest BCUT2D eigenvalue weighted by molar-refractivity contribution is 0.477. The molecule has 2 rings (SSSR count). The van der Waals surface area contributed by atoms with Crippen LogP contribution in [0.5, 0.6) is 5.75 Å². The Kier molecular flexibility index (Phi) is 2.97. The van der Waals surface area contributed by atoms with E-state index in [1.165, 1.54) is 4.88 Å². The molecule has 0 bridgehead atoms. The van der Waals surface area contributed by atoms with Gasteiger partial charge in [-0.05, 0) is 25.0 Å². The molecule has 0 saturated carbocycles. The van der Waals surface area contributed by atoms with Gasteiger partial charge in [-0.15, -0.1) is 11.3 Å². The Hall–Kier alpha value is -1.35. The predicted octanol–water partition coefficient (Wildman–Crippen LogP) is 3.95. The average molecular weight is 233 g/mol. The van der Waals surface area contributed by atoms with E-state index in [0.29, 0.717) is 11.7 Å². The van der Waals surface area contributed by atoms with Crippen LogP contribution in [0.4, 0.5) is 0 Å². The fourth-order valence-electron chi connectivity index (χ4n) is 1.71. The monoisotopic (exact) mass is 233 g/mol. The van der Waals surface area contributed by atoms with Gasteiger partial charge in [0.2, 0.25) is 0 Å². The Morgan fingerprint density at radius 1 is 1.25 bits per heavy atom. The van der Waals surface area contributed by atoms with Gasteiger partial charge in [-0.1, -0.05) is 26.0 Å². The summed E-state index contributed by atoms with van der Waals surface area (Å²) in [6, 6.07) is 7.34. The van der Waals surface area contributed by atoms with Crippen LogP contribution in [0, 0.1) is 6.92 Å². The first-order valence-corrected chi connectivity index (χ1v) is 6.17. The molecule has 1 heterocycles. The highest BCUT2D eigenvalue weighted by Crippen LogP contribution is 2.35. The first-order chi connectivity index (χ1) is 7.59. The van der Waals surface area contributed by atoms with Crippen LogP contribution in [0.15, 0.2) is 24.3 Å². The first-order valence-electron chi connectivity index (χ1n) is 5.35. The van der Waals surface area contributed by atoms with Crippen molar-refractivity contribution in [3.8, 4) is 16.3 Å². The lowest BCUT2D eigenvalue weighted by atomic mass is 10.1. The molecular weight excluding hydrogens is 218 g/mol. The van der Waals surface area contributed by atoms with Crippen molar-refractivity contribution in [2.75, 3.05) is 0 Å². The van der Waals surface area contributed by atoms with Crippen LogP contribution in [0.3, 0.4) is 0 Å². The van der Waals surface area contributed by atoms with Crippen LogP contribution in [0.2, 0.25) is 0 Å². The number of phenolic OH excluding ortho intramolecular Hbond substituents is 1. The summed E-state index contributed by atoms with van der Waals surface area (Å²) in [6.07, 6.45) is 0. The van der Waals surface area contributed by atoms with Crippen molar-refractivity contribution in [1.82, 2.24) is 4.98 Å². The topological polar surface area (TPSA) is 33.1 Å². The van der Waals surface area contributed by atoms with Crippen molar-refractivity contribution in [3.63, 3.8) is 0 Å². The number of nitrogens with zero attached hydrogens (tertiary/aromatic N) is 1. The number of thiazole rings is 1. The molecule has 16 heavy (non-hydrogen) atoms. The highest BCUT2D eigenvalue weighted by Gasteiger charge is 2.13. The Morgan fingerprint density at radius 2 is 1.94 bits per heavy atom. The zero-order chi connectivity index (χ0) is 11.7. The van der Waals surface area contributed by atoms with Crippen molar-refractivity contribution in [2.45, 2.75) is 26.7 Å². The molecule has 1 N–H and O–H groups in total. The summed E-state index contributed by atoms with van der Waals surface area (Å²) in [4.78, 5) is 5.83. The first kappa shape index (κ1) is 11.1. The van der Waals surface area contributed by atoms with Gasteiger partial charge >= 0.3 is 0 Å². The molecule has 84 valence electrons. The van der Waals surface area contributed by atoms with Crippen LogP contribution in [0.25, 0.3) is 10.6 Å². The molecule has 0 aliphatic heterocycles.